The summed E-state index contributed by atoms with van der Waals surface area (Å²) < 4.78 is 14.3. The van der Waals surface area contributed by atoms with E-state index in [0.29, 0.717) is 19.1 Å². The van der Waals surface area contributed by atoms with E-state index in [1.807, 2.05) is 37.4 Å². The number of amides is 1. The molecule has 0 radical (unpaired) electrons. The zero-order chi connectivity index (χ0) is 18.8. The van der Waals surface area contributed by atoms with Crippen LogP contribution in [0, 0.1) is 5.82 Å². The molecular formula is C21H23FN3OS+. The second-order valence-electron chi connectivity index (χ2n) is 7.24. The highest BCUT2D eigenvalue weighted by Crippen LogP contribution is 2.22. The summed E-state index contributed by atoms with van der Waals surface area (Å²) in [5.41, 5.74) is 2.06. The van der Waals surface area contributed by atoms with Crippen molar-refractivity contribution in [1.82, 2.24) is 9.88 Å². The third kappa shape index (κ3) is 4.51. The van der Waals surface area contributed by atoms with Crippen LogP contribution in [0.2, 0.25) is 0 Å². The molecule has 1 fully saturated rings. The van der Waals surface area contributed by atoms with Gasteiger partial charge >= 0.3 is 0 Å². The average molecular weight is 385 g/mol. The second-order valence-corrected chi connectivity index (χ2v) is 8.35. The second kappa shape index (κ2) is 7.74. The van der Waals surface area contributed by atoms with E-state index in [0.717, 1.165) is 40.2 Å². The smallest absolute Gasteiger partial charge is 0.277 e. The molecule has 27 heavy (non-hydrogen) atoms. The van der Waals surface area contributed by atoms with Crippen LogP contribution in [0.25, 0.3) is 10.2 Å². The van der Waals surface area contributed by atoms with Crippen LogP contribution >= 0.6 is 11.3 Å². The number of carbonyl (C=O) groups excluding carboxylic acids is 1. The van der Waals surface area contributed by atoms with Crippen molar-refractivity contribution in [3.63, 3.8) is 0 Å². The fourth-order valence-corrected chi connectivity index (χ4v) is 4.34. The number of aromatic nitrogens is 1. The normalized spacial score (nSPS) is 15.0. The Morgan fingerprint density at radius 3 is 2.67 bits per heavy atom. The fourth-order valence-electron chi connectivity index (χ4n) is 3.32. The van der Waals surface area contributed by atoms with Crippen molar-refractivity contribution >= 4 is 27.5 Å². The van der Waals surface area contributed by atoms with Gasteiger partial charge < -0.3 is 9.80 Å². The lowest BCUT2D eigenvalue weighted by atomic mass is 10.2. The zero-order valence-electron chi connectivity index (χ0n) is 15.3. The SMILES string of the molecule is CN(Cc1nc2ccccc2s1)C(=O)C[NH+](Cc1ccc(F)cc1)C1CC1. The van der Waals surface area contributed by atoms with E-state index >= 15 is 0 Å². The first-order chi connectivity index (χ1) is 13.1. The molecule has 1 unspecified atom stereocenters. The number of para-hydroxylation sites is 1. The molecule has 1 atom stereocenters. The summed E-state index contributed by atoms with van der Waals surface area (Å²) in [4.78, 5) is 20.4. The van der Waals surface area contributed by atoms with Gasteiger partial charge in [0.2, 0.25) is 0 Å². The Hall–Kier alpha value is -2.31. The van der Waals surface area contributed by atoms with Gasteiger partial charge in [-0.15, -0.1) is 11.3 Å². The van der Waals surface area contributed by atoms with Gasteiger partial charge in [-0.1, -0.05) is 24.3 Å². The minimum atomic E-state index is -0.224. The molecule has 0 bridgehead atoms. The molecule has 1 saturated carbocycles. The maximum absolute atomic E-state index is 13.1. The molecule has 140 valence electrons. The van der Waals surface area contributed by atoms with E-state index in [4.69, 9.17) is 0 Å². The topological polar surface area (TPSA) is 37.6 Å². The first-order valence-corrected chi connectivity index (χ1v) is 10.1. The van der Waals surface area contributed by atoms with E-state index in [9.17, 15) is 9.18 Å². The van der Waals surface area contributed by atoms with Gasteiger partial charge in [-0.25, -0.2) is 9.37 Å². The molecule has 1 heterocycles. The first kappa shape index (κ1) is 18.1. The van der Waals surface area contributed by atoms with Crippen molar-refractivity contribution in [2.75, 3.05) is 13.6 Å². The van der Waals surface area contributed by atoms with Crippen LogP contribution in [0.15, 0.2) is 48.5 Å². The number of nitrogens with one attached hydrogen (secondary N) is 1. The Bertz CT molecular complexity index is 903. The quantitative estimate of drug-likeness (QED) is 0.680. The Balaban J connectivity index is 1.38. The molecule has 1 N–H and O–H groups in total. The van der Waals surface area contributed by atoms with Gasteiger partial charge in [-0.3, -0.25) is 4.79 Å². The van der Waals surface area contributed by atoms with Crippen molar-refractivity contribution < 1.29 is 14.1 Å². The molecule has 1 aliphatic carbocycles. The fraction of sp³-hybridized carbons (Fsp3) is 0.333. The highest BCUT2D eigenvalue weighted by Gasteiger charge is 2.35. The maximum atomic E-state index is 13.1. The number of benzene rings is 2. The molecule has 0 saturated heterocycles. The summed E-state index contributed by atoms with van der Waals surface area (Å²) >= 11 is 1.64. The summed E-state index contributed by atoms with van der Waals surface area (Å²) in [6.45, 7) is 1.75. The number of carbonyl (C=O) groups is 1. The van der Waals surface area contributed by atoms with Gasteiger partial charge in [0.15, 0.2) is 6.54 Å². The Morgan fingerprint density at radius 1 is 1.22 bits per heavy atom. The molecule has 6 heteroatoms. The minimum absolute atomic E-state index is 0.123. The molecular weight excluding hydrogens is 361 g/mol. The van der Waals surface area contributed by atoms with Gasteiger partial charge in [0.05, 0.1) is 22.8 Å². The van der Waals surface area contributed by atoms with Crippen molar-refractivity contribution in [3.05, 3.63) is 64.9 Å². The van der Waals surface area contributed by atoms with E-state index in [1.54, 1.807) is 16.2 Å². The number of hydrogen-bond acceptors (Lipinski definition) is 3. The van der Waals surface area contributed by atoms with Crippen molar-refractivity contribution in [2.24, 2.45) is 0 Å². The first-order valence-electron chi connectivity index (χ1n) is 9.26. The molecule has 1 aromatic heterocycles. The van der Waals surface area contributed by atoms with E-state index in [1.165, 1.54) is 17.0 Å². The van der Waals surface area contributed by atoms with Crippen molar-refractivity contribution in [1.29, 1.82) is 0 Å². The number of rotatable bonds is 7. The summed E-state index contributed by atoms with van der Waals surface area (Å²) in [6.07, 6.45) is 2.32. The lowest BCUT2D eigenvalue weighted by Gasteiger charge is -2.22. The van der Waals surface area contributed by atoms with Gasteiger partial charge in [0.1, 0.15) is 17.4 Å². The number of thiazole rings is 1. The van der Waals surface area contributed by atoms with Crippen molar-refractivity contribution in [3.8, 4) is 0 Å². The predicted molar refractivity (Wildman–Crippen MR) is 105 cm³/mol. The summed E-state index contributed by atoms with van der Waals surface area (Å²) in [5.74, 6) is -0.100. The van der Waals surface area contributed by atoms with E-state index in [-0.39, 0.29) is 11.7 Å². The van der Waals surface area contributed by atoms with Gasteiger partial charge in [-0.2, -0.15) is 0 Å². The average Bonchev–Trinajstić information content (AvgIpc) is 3.42. The minimum Gasteiger partial charge on any atom is -0.334 e. The lowest BCUT2D eigenvalue weighted by molar-refractivity contribution is -0.917. The predicted octanol–water partition coefficient (Wildman–Crippen LogP) is 2.64. The molecule has 4 rings (SSSR count). The lowest BCUT2D eigenvalue weighted by Crippen LogP contribution is -3.13. The molecule has 0 spiro atoms. The number of likely N-dealkylation sites (N-methyl/N-ethyl adjacent to an activating group) is 1. The standard InChI is InChI=1S/C21H22FN3OS/c1-24(13-20-23-18-4-2-3-5-19(18)27-20)21(26)14-25(17-10-11-17)12-15-6-8-16(22)9-7-15/h2-9,17H,10-14H2,1H3/p+1. The number of quaternary nitrogens is 1. The van der Waals surface area contributed by atoms with Crippen LogP contribution in [-0.2, 0) is 17.9 Å². The number of fused-ring (bicyclic) bond motifs is 1. The van der Waals surface area contributed by atoms with E-state index < -0.39 is 0 Å². The van der Waals surface area contributed by atoms with Crippen LogP contribution in [0.5, 0.6) is 0 Å². The zero-order valence-corrected chi connectivity index (χ0v) is 16.1. The summed E-state index contributed by atoms with van der Waals surface area (Å²) in [6, 6.07) is 15.2. The highest BCUT2D eigenvalue weighted by molar-refractivity contribution is 7.18. The van der Waals surface area contributed by atoms with E-state index in [2.05, 4.69) is 11.1 Å². The highest BCUT2D eigenvalue weighted by atomic mass is 32.1. The number of nitrogens with zero attached hydrogens (tertiary/aromatic N) is 2. The van der Waals surface area contributed by atoms with Crippen LogP contribution in [0.4, 0.5) is 4.39 Å². The molecule has 0 aliphatic heterocycles. The van der Waals surface area contributed by atoms with Crippen LogP contribution in [-0.4, -0.2) is 35.4 Å². The Kier molecular flexibility index (Phi) is 5.18. The molecule has 4 nitrogen and oxygen atoms in total. The largest absolute Gasteiger partial charge is 0.334 e. The van der Waals surface area contributed by atoms with Crippen LogP contribution in [0.1, 0.15) is 23.4 Å². The number of hydrogen-bond donors (Lipinski definition) is 1. The van der Waals surface area contributed by atoms with Gasteiger partial charge in [-0.05, 0) is 24.3 Å². The molecule has 1 aliphatic rings. The maximum Gasteiger partial charge on any atom is 0.277 e. The number of halogens is 1. The van der Waals surface area contributed by atoms with Crippen molar-refractivity contribution in [2.45, 2.75) is 32.0 Å². The van der Waals surface area contributed by atoms with Crippen LogP contribution in [0.3, 0.4) is 0 Å². The molecule has 2 aromatic carbocycles. The third-order valence-electron chi connectivity index (χ3n) is 5.01. The molecule has 3 aromatic rings. The summed E-state index contributed by atoms with van der Waals surface area (Å²) in [5, 5.41) is 0.957. The van der Waals surface area contributed by atoms with Crippen LogP contribution < -0.4 is 4.90 Å². The van der Waals surface area contributed by atoms with Gasteiger partial charge in [0, 0.05) is 25.5 Å². The summed E-state index contributed by atoms with van der Waals surface area (Å²) in [7, 11) is 1.84. The monoisotopic (exact) mass is 384 g/mol. The molecule has 1 amide bonds. The third-order valence-corrected chi connectivity index (χ3v) is 6.03. The Labute approximate surface area is 162 Å². The Morgan fingerprint density at radius 2 is 1.96 bits per heavy atom. The van der Waals surface area contributed by atoms with Gasteiger partial charge in [0.25, 0.3) is 5.91 Å².